The predicted molar refractivity (Wildman–Crippen MR) is 63.0 cm³/mol. The molecule has 0 bridgehead atoms. The van der Waals surface area contributed by atoms with Gasteiger partial charge in [0, 0.05) is 11.5 Å². The first-order valence-corrected chi connectivity index (χ1v) is 5.43. The Bertz CT molecular complexity index is 390. The van der Waals surface area contributed by atoms with Gasteiger partial charge in [-0.2, -0.15) is 0 Å². The maximum Gasteiger partial charge on any atom is 0.119 e. The second-order valence-electron chi connectivity index (χ2n) is 3.95. The Morgan fingerprint density at radius 2 is 2.13 bits per heavy atom. The molecule has 0 amide bonds. The van der Waals surface area contributed by atoms with Crippen molar-refractivity contribution in [3.63, 3.8) is 0 Å². The molecule has 1 aromatic rings. The van der Waals surface area contributed by atoms with E-state index in [1.165, 1.54) is 12.0 Å². The van der Waals surface area contributed by atoms with Crippen LogP contribution in [0.4, 0.5) is 0 Å². The van der Waals surface area contributed by atoms with Crippen LogP contribution in [-0.4, -0.2) is 5.11 Å². The van der Waals surface area contributed by atoms with Crippen molar-refractivity contribution in [2.75, 3.05) is 0 Å². The molecular formula is C14H16O. The standard InChI is InChI=1S/C14H16O/c1-2-11-7-3-4-8-12(11)13-9-5-6-10-14(13)15/h2,5-7,9-10,12,15H,1,3-4,8H2. The molecule has 1 N–H and O–H groups in total. The minimum atomic E-state index is 0.331. The molecule has 15 heavy (non-hydrogen) atoms. The summed E-state index contributed by atoms with van der Waals surface area (Å²) in [5, 5.41) is 9.81. The van der Waals surface area contributed by atoms with Crippen LogP contribution in [0.2, 0.25) is 0 Å². The van der Waals surface area contributed by atoms with Gasteiger partial charge in [0.25, 0.3) is 0 Å². The van der Waals surface area contributed by atoms with Gasteiger partial charge in [-0.1, -0.05) is 36.9 Å². The Labute approximate surface area is 90.8 Å². The van der Waals surface area contributed by atoms with Crippen LogP contribution >= 0.6 is 0 Å². The summed E-state index contributed by atoms with van der Waals surface area (Å²) in [6.07, 6.45) is 7.57. The number of allylic oxidation sites excluding steroid dienone is 3. The largest absolute Gasteiger partial charge is 0.508 e. The Hall–Kier alpha value is -1.50. The van der Waals surface area contributed by atoms with E-state index < -0.39 is 0 Å². The maximum atomic E-state index is 9.81. The molecule has 1 aliphatic carbocycles. The molecule has 78 valence electrons. The third-order valence-corrected chi connectivity index (χ3v) is 3.03. The lowest BCUT2D eigenvalue weighted by atomic mass is 9.82. The summed E-state index contributed by atoms with van der Waals surface area (Å²) >= 11 is 0. The highest BCUT2D eigenvalue weighted by Gasteiger charge is 2.19. The molecule has 1 nitrogen and oxygen atoms in total. The third-order valence-electron chi connectivity index (χ3n) is 3.03. The minimum absolute atomic E-state index is 0.331. The lowest BCUT2D eigenvalue weighted by Gasteiger charge is -2.23. The molecule has 2 rings (SSSR count). The first-order chi connectivity index (χ1) is 7.33. The molecule has 0 heterocycles. The van der Waals surface area contributed by atoms with Crippen molar-refractivity contribution in [3.05, 3.63) is 54.1 Å². The highest BCUT2D eigenvalue weighted by atomic mass is 16.3. The smallest absolute Gasteiger partial charge is 0.119 e. The van der Waals surface area contributed by atoms with Gasteiger partial charge in [-0.3, -0.25) is 0 Å². The van der Waals surface area contributed by atoms with Gasteiger partial charge in [0.2, 0.25) is 0 Å². The molecular weight excluding hydrogens is 184 g/mol. The average molecular weight is 200 g/mol. The van der Waals surface area contributed by atoms with Gasteiger partial charge < -0.3 is 5.11 Å². The topological polar surface area (TPSA) is 20.2 Å². The van der Waals surface area contributed by atoms with E-state index in [1.54, 1.807) is 6.07 Å². The van der Waals surface area contributed by atoms with E-state index in [1.807, 2.05) is 24.3 Å². The molecule has 1 unspecified atom stereocenters. The fourth-order valence-corrected chi connectivity index (χ4v) is 2.24. The van der Waals surface area contributed by atoms with Crippen molar-refractivity contribution in [2.24, 2.45) is 0 Å². The van der Waals surface area contributed by atoms with Crippen LogP contribution in [0.15, 0.2) is 48.6 Å². The lowest BCUT2D eigenvalue weighted by Crippen LogP contribution is -2.05. The summed E-state index contributed by atoms with van der Waals surface area (Å²) in [5.74, 6) is 0.731. The number of phenols is 1. The average Bonchev–Trinajstić information content (AvgIpc) is 2.30. The predicted octanol–water partition coefficient (Wildman–Crippen LogP) is 3.77. The maximum absolute atomic E-state index is 9.81. The fraction of sp³-hybridized carbons (Fsp3) is 0.286. The zero-order valence-electron chi connectivity index (χ0n) is 8.82. The SMILES string of the molecule is C=CC1=CCCCC1c1ccccc1O. The lowest BCUT2D eigenvalue weighted by molar-refractivity contribution is 0.460. The number of aromatic hydroxyl groups is 1. The van der Waals surface area contributed by atoms with E-state index in [4.69, 9.17) is 0 Å². The molecule has 0 spiro atoms. The molecule has 0 aliphatic heterocycles. The van der Waals surface area contributed by atoms with Crippen molar-refractivity contribution < 1.29 is 5.11 Å². The fourth-order valence-electron chi connectivity index (χ4n) is 2.24. The molecule has 1 heteroatoms. The Balaban J connectivity index is 2.38. The number of phenolic OH excluding ortho intramolecular Hbond substituents is 1. The molecule has 0 fully saturated rings. The van der Waals surface area contributed by atoms with Crippen molar-refractivity contribution in [1.29, 1.82) is 0 Å². The first-order valence-electron chi connectivity index (χ1n) is 5.43. The van der Waals surface area contributed by atoms with E-state index in [0.29, 0.717) is 11.7 Å². The van der Waals surface area contributed by atoms with Gasteiger partial charge in [-0.05, 0) is 30.9 Å². The minimum Gasteiger partial charge on any atom is -0.508 e. The number of hydrogen-bond donors (Lipinski definition) is 1. The van der Waals surface area contributed by atoms with E-state index >= 15 is 0 Å². The molecule has 1 aliphatic rings. The molecule has 0 radical (unpaired) electrons. The normalized spacial score (nSPS) is 20.8. The van der Waals surface area contributed by atoms with Crippen molar-refractivity contribution >= 4 is 0 Å². The van der Waals surface area contributed by atoms with Gasteiger partial charge >= 0.3 is 0 Å². The zero-order chi connectivity index (χ0) is 10.7. The van der Waals surface area contributed by atoms with Crippen LogP contribution in [0.3, 0.4) is 0 Å². The van der Waals surface area contributed by atoms with Gasteiger partial charge in [0.05, 0.1) is 0 Å². The molecule has 0 saturated carbocycles. The summed E-state index contributed by atoms with van der Waals surface area (Å²) < 4.78 is 0. The van der Waals surface area contributed by atoms with Crippen LogP contribution < -0.4 is 0 Å². The highest BCUT2D eigenvalue weighted by molar-refractivity contribution is 5.43. The molecule has 1 atom stereocenters. The summed E-state index contributed by atoms with van der Waals surface area (Å²) in [6, 6.07) is 7.59. The van der Waals surface area contributed by atoms with Gasteiger partial charge in [0.15, 0.2) is 0 Å². The van der Waals surface area contributed by atoms with Crippen LogP contribution in [-0.2, 0) is 0 Å². The monoisotopic (exact) mass is 200 g/mol. The number of benzene rings is 1. The number of para-hydroxylation sites is 1. The second-order valence-corrected chi connectivity index (χ2v) is 3.95. The first kappa shape index (κ1) is 10.0. The summed E-state index contributed by atoms with van der Waals surface area (Å²) in [7, 11) is 0. The third kappa shape index (κ3) is 1.96. The highest BCUT2D eigenvalue weighted by Crippen LogP contribution is 2.38. The van der Waals surface area contributed by atoms with Gasteiger partial charge in [0.1, 0.15) is 5.75 Å². The van der Waals surface area contributed by atoms with Crippen molar-refractivity contribution in [1.82, 2.24) is 0 Å². The molecule has 0 aromatic heterocycles. The van der Waals surface area contributed by atoms with Crippen LogP contribution in [0, 0.1) is 0 Å². The van der Waals surface area contributed by atoms with E-state index in [9.17, 15) is 5.11 Å². The van der Waals surface area contributed by atoms with E-state index in [-0.39, 0.29) is 0 Å². The van der Waals surface area contributed by atoms with E-state index in [0.717, 1.165) is 18.4 Å². The Morgan fingerprint density at radius 3 is 2.87 bits per heavy atom. The van der Waals surface area contributed by atoms with Gasteiger partial charge in [-0.15, -0.1) is 0 Å². The van der Waals surface area contributed by atoms with Crippen molar-refractivity contribution in [3.8, 4) is 5.75 Å². The molecule has 0 saturated heterocycles. The second kappa shape index (κ2) is 4.35. The Morgan fingerprint density at radius 1 is 1.33 bits per heavy atom. The van der Waals surface area contributed by atoms with Crippen LogP contribution in [0.5, 0.6) is 5.75 Å². The van der Waals surface area contributed by atoms with Crippen LogP contribution in [0.25, 0.3) is 0 Å². The van der Waals surface area contributed by atoms with Crippen LogP contribution in [0.1, 0.15) is 30.7 Å². The quantitative estimate of drug-likeness (QED) is 0.770. The summed E-state index contributed by atoms with van der Waals surface area (Å²) in [6.45, 7) is 3.84. The number of rotatable bonds is 2. The number of hydrogen-bond acceptors (Lipinski definition) is 1. The zero-order valence-corrected chi connectivity index (χ0v) is 8.82. The Kier molecular flexibility index (Phi) is 2.91. The molecule has 1 aromatic carbocycles. The van der Waals surface area contributed by atoms with Gasteiger partial charge in [-0.25, -0.2) is 0 Å². The van der Waals surface area contributed by atoms with Crippen molar-refractivity contribution in [2.45, 2.75) is 25.2 Å². The summed E-state index contributed by atoms with van der Waals surface area (Å²) in [4.78, 5) is 0. The summed E-state index contributed by atoms with van der Waals surface area (Å²) in [5.41, 5.74) is 2.28. The van der Waals surface area contributed by atoms with E-state index in [2.05, 4.69) is 12.7 Å².